The average Bonchev–Trinajstić information content (AvgIpc) is 3.32. The fraction of sp³-hybridized carbons (Fsp3) is 0.500. The number of likely N-dealkylation sites (tertiary alicyclic amines) is 1. The van der Waals surface area contributed by atoms with Crippen LogP contribution >= 0.6 is 0 Å². The van der Waals surface area contributed by atoms with Crippen molar-refractivity contribution in [3.63, 3.8) is 0 Å². The summed E-state index contributed by atoms with van der Waals surface area (Å²) in [5.74, 6) is 1.05. The lowest BCUT2D eigenvalue weighted by molar-refractivity contribution is -0.136. The fourth-order valence-corrected chi connectivity index (χ4v) is 3.37. The predicted octanol–water partition coefficient (Wildman–Crippen LogP) is 1.76. The topological polar surface area (TPSA) is 99.2 Å². The van der Waals surface area contributed by atoms with Crippen molar-refractivity contribution < 1.29 is 14.1 Å². The number of ether oxygens (including phenoxy) is 1. The largest absolute Gasteiger partial charge is 0.384 e. The Bertz CT molecular complexity index is 888. The zero-order chi connectivity index (χ0) is 18.6. The lowest BCUT2D eigenvalue weighted by atomic mass is 10.0. The number of carbonyl (C=O) groups is 1. The Labute approximate surface area is 156 Å². The minimum Gasteiger partial charge on any atom is -0.384 e. The summed E-state index contributed by atoms with van der Waals surface area (Å²) in [5, 5.41) is 12.8. The highest BCUT2D eigenvalue weighted by Gasteiger charge is 2.32. The standard InChI is InChI=1S/C18H22N6O3/c1-26-11-9-16-19-18(27-22-16)15-8-4-5-10-23(15)17(25)12-24-20-13-6-2-3-7-14(13)21-24/h2-3,6-7,15H,4-5,8-12H2,1H3. The minimum atomic E-state index is -0.194. The molecule has 3 heterocycles. The maximum Gasteiger partial charge on any atom is 0.249 e. The van der Waals surface area contributed by atoms with E-state index < -0.39 is 0 Å². The first-order chi connectivity index (χ1) is 13.2. The molecule has 1 atom stereocenters. The maximum absolute atomic E-state index is 12.9. The molecule has 0 N–H and O–H groups in total. The first-order valence-electron chi connectivity index (χ1n) is 9.15. The molecule has 1 aromatic carbocycles. The molecule has 1 amide bonds. The number of methoxy groups -OCH3 is 1. The minimum absolute atomic E-state index is 0.0448. The van der Waals surface area contributed by atoms with Crippen molar-refractivity contribution in [1.29, 1.82) is 0 Å². The third-order valence-electron chi connectivity index (χ3n) is 4.73. The first-order valence-corrected chi connectivity index (χ1v) is 9.15. The van der Waals surface area contributed by atoms with Crippen LogP contribution in [-0.4, -0.2) is 56.2 Å². The number of hydrogen-bond acceptors (Lipinski definition) is 7. The number of rotatable bonds is 6. The van der Waals surface area contributed by atoms with Crippen molar-refractivity contribution in [2.24, 2.45) is 0 Å². The summed E-state index contributed by atoms with van der Waals surface area (Å²) in [4.78, 5) is 20.6. The highest BCUT2D eigenvalue weighted by Crippen LogP contribution is 2.30. The quantitative estimate of drug-likeness (QED) is 0.652. The Morgan fingerprint density at radius 2 is 2.04 bits per heavy atom. The van der Waals surface area contributed by atoms with Gasteiger partial charge in [-0.2, -0.15) is 20.0 Å². The Morgan fingerprint density at radius 3 is 2.78 bits per heavy atom. The molecule has 27 heavy (non-hydrogen) atoms. The van der Waals surface area contributed by atoms with Crippen molar-refractivity contribution in [3.8, 4) is 0 Å². The van der Waals surface area contributed by atoms with Gasteiger partial charge in [-0.3, -0.25) is 4.79 Å². The van der Waals surface area contributed by atoms with Gasteiger partial charge in [0.05, 0.1) is 6.61 Å². The number of fused-ring (bicyclic) bond motifs is 1. The maximum atomic E-state index is 12.9. The molecule has 1 aliphatic heterocycles. The van der Waals surface area contributed by atoms with E-state index in [2.05, 4.69) is 20.3 Å². The zero-order valence-electron chi connectivity index (χ0n) is 15.2. The summed E-state index contributed by atoms with van der Waals surface area (Å²) in [7, 11) is 1.63. The number of carbonyl (C=O) groups excluding carboxylic acids is 1. The van der Waals surface area contributed by atoms with Crippen LogP contribution in [0.4, 0.5) is 0 Å². The van der Waals surface area contributed by atoms with Crippen molar-refractivity contribution in [2.75, 3.05) is 20.3 Å². The Kier molecular flexibility index (Phi) is 5.10. The van der Waals surface area contributed by atoms with Crippen LogP contribution in [0.3, 0.4) is 0 Å². The summed E-state index contributed by atoms with van der Waals surface area (Å²) in [6, 6.07) is 7.38. The van der Waals surface area contributed by atoms with Gasteiger partial charge in [0.25, 0.3) is 0 Å². The smallest absolute Gasteiger partial charge is 0.249 e. The van der Waals surface area contributed by atoms with Gasteiger partial charge in [-0.05, 0) is 31.4 Å². The second kappa shape index (κ2) is 7.83. The van der Waals surface area contributed by atoms with Gasteiger partial charge in [-0.25, -0.2) is 0 Å². The molecule has 1 saturated heterocycles. The normalized spacial score (nSPS) is 17.5. The average molecular weight is 370 g/mol. The van der Waals surface area contributed by atoms with Crippen LogP contribution in [0.5, 0.6) is 0 Å². The molecule has 0 spiro atoms. The highest BCUT2D eigenvalue weighted by molar-refractivity contribution is 5.77. The van der Waals surface area contributed by atoms with Crippen molar-refractivity contribution in [1.82, 2.24) is 30.0 Å². The monoisotopic (exact) mass is 370 g/mol. The number of benzene rings is 1. The van der Waals surface area contributed by atoms with E-state index in [-0.39, 0.29) is 18.5 Å². The number of aromatic nitrogens is 5. The predicted molar refractivity (Wildman–Crippen MR) is 95.7 cm³/mol. The molecule has 9 nitrogen and oxygen atoms in total. The molecule has 1 aliphatic rings. The number of amides is 1. The van der Waals surface area contributed by atoms with Crippen molar-refractivity contribution in [3.05, 3.63) is 36.0 Å². The fourth-order valence-electron chi connectivity index (χ4n) is 3.37. The van der Waals surface area contributed by atoms with Gasteiger partial charge < -0.3 is 14.2 Å². The van der Waals surface area contributed by atoms with Gasteiger partial charge in [0.15, 0.2) is 5.82 Å². The summed E-state index contributed by atoms with van der Waals surface area (Å²) in [6.45, 7) is 1.29. The molecular weight excluding hydrogens is 348 g/mol. The van der Waals surface area contributed by atoms with E-state index in [4.69, 9.17) is 9.26 Å². The van der Waals surface area contributed by atoms with Crippen LogP contribution in [0.15, 0.2) is 28.8 Å². The molecule has 3 aromatic rings. The summed E-state index contributed by atoms with van der Waals surface area (Å²) < 4.78 is 10.5. The van der Waals surface area contributed by atoms with E-state index in [0.717, 1.165) is 30.3 Å². The second-order valence-electron chi connectivity index (χ2n) is 6.61. The van der Waals surface area contributed by atoms with Crippen LogP contribution < -0.4 is 0 Å². The van der Waals surface area contributed by atoms with Crippen LogP contribution in [-0.2, 0) is 22.5 Å². The first kappa shape index (κ1) is 17.6. The molecule has 142 valence electrons. The molecule has 1 unspecified atom stereocenters. The SMILES string of the molecule is COCCc1noc(C2CCCCN2C(=O)Cn2nc3ccccc3n2)n1. The Balaban J connectivity index is 1.49. The number of nitrogens with zero attached hydrogens (tertiary/aromatic N) is 6. The van der Waals surface area contributed by atoms with E-state index >= 15 is 0 Å². The van der Waals surface area contributed by atoms with Crippen molar-refractivity contribution in [2.45, 2.75) is 38.3 Å². The van der Waals surface area contributed by atoms with Crippen LogP contribution in [0.25, 0.3) is 11.0 Å². The van der Waals surface area contributed by atoms with Gasteiger partial charge in [0.1, 0.15) is 23.6 Å². The van der Waals surface area contributed by atoms with Gasteiger partial charge in [0.2, 0.25) is 11.8 Å². The number of hydrogen-bond donors (Lipinski definition) is 0. The van der Waals surface area contributed by atoms with E-state index in [1.807, 2.05) is 29.2 Å². The summed E-state index contributed by atoms with van der Waals surface area (Å²) in [5.41, 5.74) is 1.56. The third kappa shape index (κ3) is 3.82. The zero-order valence-corrected chi connectivity index (χ0v) is 15.2. The summed E-state index contributed by atoms with van der Waals surface area (Å²) >= 11 is 0. The van der Waals surface area contributed by atoms with Gasteiger partial charge in [-0.1, -0.05) is 17.3 Å². The molecule has 2 aromatic heterocycles. The van der Waals surface area contributed by atoms with Gasteiger partial charge in [-0.15, -0.1) is 0 Å². The number of piperidine rings is 1. The molecule has 4 rings (SSSR count). The molecule has 0 radical (unpaired) electrons. The van der Waals surface area contributed by atoms with Crippen LogP contribution in [0.1, 0.15) is 37.0 Å². The molecular formula is C18H22N6O3. The van der Waals surface area contributed by atoms with Gasteiger partial charge >= 0.3 is 0 Å². The summed E-state index contributed by atoms with van der Waals surface area (Å²) in [6.07, 6.45) is 3.38. The van der Waals surface area contributed by atoms with E-state index in [9.17, 15) is 4.79 Å². The third-order valence-corrected chi connectivity index (χ3v) is 4.73. The van der Waals surface area contributed by atoms with Gasteiger partial charge in [0, 0.05) is 20.1 Å². The van der Waals surface area contributed by atoms with Crippen molar-refractivity contribution >= 4 is 16.9 Å². The molecule has 9 heteroatoms. The highest BCUT2D eigenvalue weighted by atomic mass is 16.5. The lowest BCUT2D eigenvalue weighted by Crippen LogP contribution is -2.40. The lowest BCUT2D eigenvalue weighted by Gasteiger charge is -2.33. The Hall–Kier alpha value is -2.81. The molecule has 0 bridgehead atoms. The van der Waals surface area contributed by atoms with Crippen LogP contribution in [0, 0.1) is 0 Å². The van der Waals surface area contributed by atoms with E-state index in [1.54, 1.807) is 7.11 Å². The molecule has 0 saturated carbocycles. The Morgan fingerprint density at radius 1 is 1.26 bits per heavy atom. The van der Waals surface area contributed by atoms with E-state index in [0.29, 0.717) is 31.3 Å². The van der Waals surface area contributed by atoms with E-state index in [1.165, 1.54) is 4.80 Å². The second-order valence-corrected chi connectivity index (χ2v) is 6.61. The molecule has 1 fully saturated rings. The van der Waals surface area contributed by atoms with Crippen LogP contribution in [0.2, 0.25) is 0 Å². The molecule has 0 aliphatic carbocycles.